The van der Waals surface area contributed by atoms with Gasteiger partial charge in [-0.3, -0.25) is 4.79 Å². The van der Waals surface area contributed by atoms with Gasteiger partial charge in [0.25, 0.3) is 0 Å². The summed E-state index contributed by atoms with van der Waals surface area (Å²) in [6, 6.07) is 14.5. The van der Waals surface area contributed by atoms with Gasteiger partial charge in [-0.1, -0.05) is 43.3 Å². The average molecular weight is 310 g/mol. The van der Waals surface area contributed by atoms with Crippen LogP contribution in [0.4, 0.5) is 4.39 Å². The largest absolute Gasteiger partial charge is 0.361 e. The molecule has 0 aliphatic carbocycles. The maximum atomic E-state index is 13.6. The highest BCUT2D eigenvalue weighted by Gasteiger charge is 2.15. The number of rotatable bonds is 5. The smallest absolute Gasteiger partial charge is 0.223 e. The van der Waals surface area contributed by atoms with Crippen LogP contribution in [0.25, 0.3) is 10.9 Å². The molecule has 4 heteroatoms. The zero-order valence-corrected chi connectivity index (χ0v) is 13.0. The fourth-order valence-corrected chi connectivity index (χ4v) is 2.72. The molecule has 1 amide bonds. The molecule has 0 spiro atoms. The number of hydrogen-bond donors (Lipinski definition) is 2. The first-order valence-electron chi connectivity index (χ1n) is 7.71. The van der Waals surface area contributed by atoms with Crippen LogP contribution in [0.2, 0.25) is 0 Å². The molecule has 2 aromatic carbocycles. The summed E-state index contributed by atoms with van der Waals surface area (Å²) in [6.45, 7) is 2.10. The van der Waals surface area contributed by atoms with Gasteiger partial charge in [-0.05, 0) is 24.1 Å². The lowest BCUT2D eigenvalue weighted by atomic mass is 10.00. The number of carbonyl (C=O) groups excluding carboxylic acids is 1. The summed E-state index contributed by atoms with van der Waals surface area (Å²) < 4.78 is 13.6. The molecule has 1 aromatic heterocycles. The van der Waals surface area contributed by atoms with Gasteiger partial charge < -0.3 is 10.3 Å². The molecule has 0 saturated heterocycles. The number of aromatic amines is 1. The molecule has 1 heterocycles. The van der Waals surface area contributed by atoms with Gasteiger partial charge in [-0.15, -0.1) is 0 Å². The minimum absolute atomic E-state index is 0.0708. The van der Waals surface area contributed by atoms with Crippen LogP contribution in [0.5, 0.6) is 0 Å². The van der Waals surface area contributed by atoms with Crippen molar-refractivity contribution >= 4 is 16.8 Å². The molecule has 0 aliphatic heterocycles. The Morgan fingerprint density at radius 3 is 2.70 bits per heavy atom. The van der Waals surface area contributed by atoms with Gasteiger partial charge in [-0.25, -0.2) is 4.39 Å². The van der Waals surface area contributed by atoms with E-state index in [1.165, 1.54) is 6.07 Å². The summed E-state index contributed by atoms with van der Waals surface area (Å²) in [5.41, 5.74) is 2.69. The predicted octanol–water partition coefficient (Wildman–Crippen LogP) is 3.80. The van der Waals surface area contributed by atoms with Crippen molar-refractivity contribution in [2.45, 2.75) is 19.9 Å². The van der Waals surface area contributed by atoms with Gasteiger partial charge in [0.15, 0.2) is 0 Å². The van der Waals surface area contributed by atoms with Gasteiger partial charge in [-0.2, -0.15) is 0 Å². The van der Waals surface area contributed by atoms with Crippen molar-refractivity contribution in [1.29, 1.82) is 0 Å². The van der Waals surface area contributed by atoms with Gasteiger partial charge in [0.1, 0.15) is 5.82 Å². The first kappa shape index (κ1) is 15.3. The Labute approximate surface area is 134 Å². The van der Waals surface area contributed by atoms with Crippen LogP contribution in [-0.4, -0.2) is 10.9 Å². The second-order valence-electron chi connectivity index (χ2n) is 5.77. The van der Waals surface area contributed by atoms with E-state index in [0.717, 1.165) is 16.5 Å². The van der Waals surface area contributed by atoms with E-state index in [2.05, 4.69) is 10.3 Å². The monoisotopic (exact) mass is 310 g/mol. The average Bonchev–Trinajstić information content (AvgIpc) is 2.97. The van der Waals surface area contributed by atoms with Crippen molar-refractivity contribution in [3.8, 4) is 0 Å². The maximum Gasteiger partial charge on any atom is 0.223 e. The molecular weight excluding hydrogens is 291 g/mol. The maximum absolute atomic E-state index is 13.6. The third kappa shape index (κ3) is 3.42. The molecule has 0 aliphatic rings. The van der Waals surface area contributed by atoms with Crippen LogP contribution in [0.15, 0.2) is 54.7 Å². The Kier molecular flexibility index (Phi) is 4.42. The molecule has 1 unspecified atom stereocenters. The van der Waals surface area contributed by atoms with Crippen molar-refractivity contribution in [3.05, 3.63) is 71.7 Å². The summed E-state index contributed by atoms with van der Waals surface area (Å²) in [5, 5.41) is 3.95. The highest BCUT2D eigenvalue weighted by atomic mass is 19.1. The fraction of sp³-hybridized carbons (Fsp3) is 0.211. The summed E-state index contributed by atoms with van der Waals surface area (Å²) in [5.74, 6) is -0.545. The van der Waals surface area contributed by atoms with Crippen molar-refractivity contribution in [3.63, 3.8) is 0 Å². The topological polar surface area (TPSA) is 44.9 Å². The number of H-pyrrole nitrogens is 1. The van der Waals surface area contributed by atoms with E-state index in [1.807, 2.05) is 37.4 Å². The standard InChI is InChI=1S/C19H19FN2O/c1-13(10-15-12-21-18-9-5-3-7-16(15)18)19(23)22-11-14-6-2-4-8-17(14)20/h2-9,12-13,21H,10-11H2,1H3,(H,22,23). The van der Waals surface area contributed by atoms with E-state index in [4.69, 9.17) is 0 Å². The van der Waals surface area contributed by atoms with Gasteiger partial charge in [0.2, 0.25) is 5.91 Å². The summed E-state index contributed by atoms with van der Waals surface area (Å²) in [6.07, 6.45) is 2.60. The first-order chi connectivity index (χ1) is 11.1. The summed E-state index contributed by atoms with van der Waals surface area (Å²) >= 11 is 0. The number of amides is 1. The SMILES string of the molecule is CC(Cc1c[nH]c2ccccc12)C(=O)NCc1ccccc1F. The number of benzene rings is 2. The number of para-hydroxylation sites is 1. The van der Waals surface area contributed by atoms with E-state index >= 15 is 0 Å². The summed E-state index contributed by atoms with van der Waals surface area (Å²) in [7, 11) is 0. The molecule has 23 heavy (non-hydrogen) atoms. The molecule has 1 atom stereocenters. The fourth-order valence-electron chi connectivity index (χ4n) is 2.72. The van der Waals surface area contributed by atoms with Gasteiger partial charge in [0, 0.05) is 35.1 Å². The van der Waals surface area contributed by atoms with E-state index < -0.39 is 0 Å². The number of halogens is 1. The van der Waals surface area contributed by atoms with E-state index in [1.54, 1.807) is 18.2 Å². The number of nitrogens with one attached hydrogen (secondary N) is 2. The lowest BCUT2D eigenvalue weighted by Gasteiger charge is -2.12. The van der Waals surface area contributed by atoms with E-state index in [9.17, 15) is 9.18 Å². The van der Waals surface area contributed by atoms with Gasteiger partial charge >= 0.3 is 0 Å². The molecule has 0 fully saturated rings. The van der Waals surface area contributed by atoms with E-state index in [-0.39, 0.29) is 24.2 Å². The Balaban J connectivity index is 1.63. The molecule has 0 bridgehead atoms. The third-order valence-corrected chi connectivity index (χ3v) is 4.06. The van der Waals surface area contributed by atoms with Crippen LogP contribution in [-0.2, 0) is 17.8 Å². The van der Waals surface area contributed by atoms with Crippen molar-refractivity contribution in [2.24, 2.45) is 5.92 Å². The quantitative estimate of drug-likeness (QED) is 0.739. The first-order valence-corrected chi connectivity index (χ1v) is 7.71. The zero-order valence-electron chi connectivity index (χ0n) is 13.0. The van der Waals surface area contributed by atoms with Crippen LogP contribution in [0.3, 0.4) is 0 Å². The molecule has 118 valence electrons. The lowest BCUT2D eigenvalue weighted by molar-refractivity contribution is -0.124. The van der Waals surface area contributed by atoms with Crippen LogP contribution in [0.1, 0.15) is 18.1 Å². The number of hydrogen-bond acceptors (Lipinski definition) is 1. The Hall–Kier alpha value is -2.62. The highest BCUT2D eigenvalue weighted by Crippen LogP contribution is 2.20. The Morgan fingerprint density at radius 2 is 1.87 bits per heavy atom. The molecule has 3 rings (SSSR count). The molecule has 0 saturated carbocycles. The minimum Gasteiger partial charge on any atom is -0.361 e. The molecule has 3 nitrogen and oxygen atoms in total. The normalized spacial score (nSPS) is 12.3. The number of fused-ring (bicyclic) bond motifs is 1. The zero-order chi connectivity index (χ0) is 16.2. The molecule has 0 radical (unpaired) electrons. The van der Waals surface area contributed by atoms with Gasteiger partial charge in [0.05, 0.1) is 0 Å². The molecule has 2 N–H and O–H groups in total. The Morgan fingerprint density at radius 1 is 1.13 bits per heavy atom. The number of aromatic nitrogens is 1. The lowest BCUT2D eigenvalue weighted by Crippen LogP contribution is -2.30. The second-order valence-corrected chi connectivity index (χ2v) is 5.77. The van der Waals surface area contributed by atoms with Crippen LogP contribution in [0, 0.1) is 11.7 Å². The Bertz CT molecular complexity index is 825. The minimum atomic E-state index is -0.294. The van der Waals surface area contributed by atoms with Crippen molar-refractivity contribution in [1.82, 2.24) is 10.3 Å². The van der Waals surface area contributed by atoms with E-state index in [0.29, 0.717) is 12.0 Å². The predicted molar refractivity (Wildman–Crippen MR) is 89.4 cm³/mol. The van der Waals surface area contributed by atoms with Crippen LogP contribution >= 0.6 is 0 Å². The number of carbonyl (C=O) groups is 1. The second kappa shape index (κ2) is 6.65. The van der Waals surface area contributed by atoms with Crippen molar-refractivity contribution in [2.75, 3.05) is 0 Å². The van der Waals surface area contributed by atoms with Crippen LogP contribution < -0.4 is 5.32 Å². The summed E-state index contributed by atoms with van der Waals surface area (Å²) in [4.78, 5) is 15.5. The highest BCUT2D eigenvalue weighted by molar-refractivity contribution is 5.84. The van der Waals surface area contributed by atoms with Crippen molar-refractivity contribution < 1.29 is 9.18 Å². The molecule has 3 aromatic rings. The molecular formula is C19H19FN2O. The third-order valence-electron chi connectivity index (χ3n) is 4.06.